The highest BCUT2D eigenvalue weighted by Crippen LogP contribution is 2.32. The molecule has 0 aliphatic carbocycles. The average molecular weight is 421 g/mol. The molecule has 7 nitrogen and oxygen atoms in total. The molecule has 158 valence electrons. The van der Waals surface area contributed by atoms with Crippen molar-refractivity contribution >= 4 is 11.6 Å². The highest BCUT2D eigenvalue weighted by atomic mass is 19.1. The quantitative estimate of drug-likeness (QED) is 0.525. The fourth-order valence-electron chi connectivity index (χ4n) is 3.94. The van der Waals surface area contributed by atoms with E-state index in [0.29, 0.717) is 23.1 Å². The third-order valence-electron chi connectivity index (χ3n) is 5.45. The van der Waals surface area contributed by atoms with E-state index in [9.17, 15) is 8.78 Å². The number of hydrogen-bond acceptors (Lipinski definition) is 5. The fraction of sp³-hybridized carbons (Fsp3) is 0.273. The first-order valence-electron chi connectivity index (χ1n) is 10.2. The van der Waals surface area contributed by atoms with Gasteiger partial charge in [0.1, 0.15) is 29.5 Å². The van der Waals surface area contributed by atoms with Gasteiger partial charge < -0.3 is 5.32 Å². The number of halogens is 2. The van der Waals surface area contributed by atoms with Crippen LogP contribution in [-0.4, -0.2) is 29.5 Å². The van der Waals surface area contributed by atoms with Crippen LogP contribution < -0.4 is 5.32 Å². The molecule has 3 heterocycles. The second-order valence-corrected chi connectivity index (χ2v) is 7.64. The molecule has 0 saturated heterocycles. The molecule has 9 heteroatoms. The van der Waals surface area contributed by atoms with Crippen LogP contribution in [-0.2, 0) is 6.54 Å². The first-order chi connectivity index (χ1) is 15.1. The number of benzene rings is 2. The number of rotatable bonds is 4. The molecule has 0 saturated carbocycles. The molecule has 31 heavy (non-hydrogen) atoms. The third kappa shape index (κ3) is 3.90. The van der Waals surface area contributed by atoms with Gasteiger partial charge in [-0.1, -0.05) is 18.6 Å². The van der Waals surface area contributed by atoms with Gasteiger partial charge in [-0.3, -0.25) is 0 Å². The van der Waals surface area contributed by atoms with Crippen LogP contribution in [0.3, 0.4) is 0 Å². The Kier molecular flexibility index (Phi) is 4.93. The molecule has 0 fully saturated rings. The zero-order valence-corrected chi connectivity index (χ0v) is 17.0. The molecule has 0 bridgehead atoms. The summed E-state index contributed by atoms with van der Waals surface area (Å²) in [5.74, 6) is 1.17. The van der Waals surface area contributed by atoms with E-state index < -0.39 is 5.82 Å². The van der Waals surface area contributed by atoms with Crippen molar-refractivity contribution in [2.24, 2.45) is 0 Å². The minimum absolute atomic E-state index is 0.0424. The van der Waals surface area contributed by atoms with Crippen molar-refractivity contribution in [1.82, 2.24) is 29.5 Å². The molecule has 2 aromatic carbocycles. The fourth-order valence-corrected chi connectivity index (χ4v) is 3.94. The van der Waals surface area contributed by atoms with Crippen molar-refractivity contribution in [3.8, 4) is 5.69 Å². The summed E-state index contributed by atoms with van der Waals surface area (Å²) in [5.41, 5.74) is 1.87. The Bertz CT molecular complexity index is 1210. The van der Waals surface area contributed by atoms with Crippen molar-refractivity contribution in [3.63, 3.8) is 0 Å². The summed E-state index contributed by atoms with van der Waals surface area (Å²) in [7, 11) is 0. The Hall–Kier alpha value is -3.62. The third-order valence-corrected chi connectivity index (χ3v) is 5.45. The van der Waals surface area contributed by atoms with E-state index in [4.69, 9.17) is 4.98 Å². The van der Waals surface area contributed by atoms with E-state index >= 15 is 0 Å². The van der Waals surface area contributed by atoms with Gasteiger partial charge in [0.15, 0.2) is 5.82 Å². The number of aromatic nitrogens is 6. The van der Waals surface area contributed by atoms with E-state index in [1.165, 1.54) is 29.2 Å². The van der Waals surface area contributed by atoms with Crippen LogP contribution in [0.25, 0.3) is 5.69 Å². The van der Waals surface area contributed by atoms with Crippen LogP contribution in [0.2, 0.25) is 0 Å². The van der Waals surface area contributed by atoms with Gasteiger partial charge in [0, 0.05) is 18.2 Å². The predicted octanol–water partition coefficient (Wildman–Crippen LogP) is 4.50. The van der Waals surface area contributed by atoms with E-state index in [0.717, 1.165) is 37.2 Å². The van der Waals surface area contributed by atoms with Gasteiger partial charge in [0.05, 0.1) is 0 Å². The van der Waals surface area contributed by atoms with Crippen molar-refractivity contribution in [2.75, 3.05) is 5.32 Å². The van der Waals surface area contributed by atoms with E-state index in [1.807, 2.05) is 4.68 Å². The predicted molar refractivity (Wildman–Crippen MR) is 111 cm³/mol. The summed E-state index contributed by atoms with van der Waals surface area (Å²) in [6.45, 7) is 2.51. The second kappa shape index (κ2) is 7.90. The maximum atomic E-state index is 14.6. The Labute approximate surface area is 177 Å². The summed E-state index contributed by atoms with van der Waals surface area (Å²) >= 11 is 0. The highest BCUT2D eigenvalue weighted by Gasteiger charge is 2.24. The molecule has 1 N–H and O–H groups in total. The van der Waals surface area contributed by atoms with Crippen LogP contribution in [0.4, 0.5) is 20.4 Å². The summed E-state index contributed by atoms with van der Waals surface area (Å²) in [6, 6.07) is 11.3. The Morgan fingerprint density at radius 2 is 1.87 bits per heavy atom. The van der Waals surface area contributed by atoms with Crippen molar-refractivity contribution in [3.05, 3.63) is 77.6 Å². The first-order valence-corrected chi connectivity index (χ1v) is 10.2. The molecule has 0 spiro atoms. The summed E-state index contributed by atoms with van der Waals surface area (Å²) < 4.78 is 31.3. The van der Waals surface area contributed by atoms with Crippen LogP contribution in [0.15, 0.2) is 48.8 Å². The number of aryl methyl sites for hydroxylation is 2. The number of nitrogens with one attached hydrogen (secondary N) is 1. The molecule has 4 aromatic rings. The number of fused-ring (bicyclic) bond motifs is 1. The van der Waals surface area contributed by atoms with Gasteiger partial charge in [-0.25, -0.2) is 23.1 Å². The van der Waals surface area contributed by atoms with Gasteiger partial charge in [-0.2, -0.15) is 10.1 Å². The standard InChI is InChI=1S/C22H21F2N7/c1-14-25-13-31(28-14)20-10-9-17(12-19(20)24)26-22-27-21-18(4-2-3-11-30(21)29-22)15-5-7-16(23)8-6-15/h5-10,12-13,18H,2-4,11H2,1H3,(H,26,29)/t18-/m1/s1. The molecule has 1 atom stereocenters. The average Bonchev–Trinajstić information content (AvgIpc) is 3.30. The minimum atomic E-state index is -0.431. The van der Waals surface area contributed by atoms with E-state index in [2.05, 4.69) is 20.5 Å². The summed E-state index contributed by atoms with van der Waals surface area (Å²) in [6.07, 6.45) is 4.44. The molecule has 5 rings (SSSR count). The van der Waals surface area contributed by atoms with Gasteiger partial charge in [0.2, 0.25) is 5.95 Å². The second-order valence-electron chi connectivity index (χ2n) is 7.64. The lowest BCUT2D eigenvalue weighted by Crippen LogP contribution is -2.08. The maximum absolute atomic E-state index is 14.6. The van der Waals surface area contributed by atoms with Gasteiger partial charge in [0.25, 0.3) is 0 Å². The molecule has 2 aromatic heterocycles. The first kappa shape index (κ1) is 19.3. The van der Waals surface area contributed by atoms with E-state index in [-0.39, 0.29) is 11.7 Å². The lowest BCUT2D eigenvalue weighted by atomic mass is 9.93. The van der Waals surface area contributed by atoms with Crippen LogP contribution >= 0.6 is 0 Å². The summed E-state index contributed by atoms with van der Waals surface area (Å²) in [5, 5.41) is 11.8. The van der Waals surface area contributed by atoms with Gasteiger partial charge in [-0.05, 0) is 55.7 Å². The van der Waals surface area contributed by atoms with Crippen LogP contribution in [0.5, 0.6) is 0 Å². The monoisotopic (exact) mass is 421 g/mol. The Balaban J connectivity index is 1.41. The van der Waals surface area contributed by atoms with Gasteiger partial charge in [-0.15, -0.1) is 5.10 Å². The Morgan fingerprint density at radius 1 is 1.03 bits per heavy atom. The molecular weight excluding hydrogens is 400 g/mol. The number of anilines is 2. The topological polar surface area (TPSA) is 73.5 Å². The molecular formula is C22H21F2N7. The molecule has 0 amide bonds. The van der Waals surface area contributed by atoms with Crippen molar-refractivity contribution < 1.29 is 8.78 Å². The molecule has 1 aliphatic rings. The molecule has 1 aliphatic heterocycles. The van der Waals surface area contributed by atoms with Crippen molar-refractivity contribution in [1.29, 1.82) is 0 Å². The molecule has 0 radical (unpaired) electrons. The van der Waals surface area contributed by atoms with Crippen LogP contribution in [0, 0.1) is 18.6 Å². The molecule has 0 unspecified atom stereocenters. The van der Waals surface area contributed by atoms with Crippen LogP contribution in [0.1, 0.15) is 42.4 Å². The Morgan fingerprint density at radius 3 is 2.61 bits per heavy atom. The maximum Gasteiger partial charge on any atom is 0.246 e. The van der Waals surface area contributed by atoms with E-state index in [1.54, 1.807) is 31.2 Å². The van der Waals surface area contributed by atoms with Gasteiger partial charge >= 0.3 is 0 Å². The lowest BCUT2D eigenvalue weighted by Gasteiger charge is -2.14. The largest absolute Gasteiger partial charge is 0.323 e. The number of hydrogen-bond donors (Lipinski definition) is 1. The zero-order chi connectivity index (χ0) is 21.4. The summed E-state index contributed by atoms with van der Waals surface area (Å²) in [4.78, 5) is 8.73. The minimum Gasteiger partial charge on any atom is -0.323 e. The zero-order valence-electron chi connectivity index (χ0n) is 17.0. The van der Waals surface area contributed by atoms with Crippen molar-refractivity contribution in [2.45, 2.75) is 38.6 Å². The highest BCUT2D eigenvalue weighted by molar-refractivity contribution is 5.56. The normalized spacial score (nSPS) is 16.0. The SMILES string of the molecule is Cc1ncn(-c2ccc(Nc3nc4n(n3)CCCC[C@@H]4c3ccc(F)cc3)cc2F)n1. The number of nitrogens with zero attached hydrogens (tertiary/aromatic N) is 6. The lowest BCUT2D eigenvalue weighted by molar-refractivity contribution is 0.576. The smallest absolute Gasteiger partial charge is 0.246 e.